The summed E-state index contributed by atoms with van der Waals surface area (Å²) in [6.45, 7) is 6.50. The Hall–Kier alpha value is -1.44. The van der Waals surface area contributed by atoms with Crippen LogP contribution in [0.4, 0.5) is 5.69 Å². The van der Waals surface area contributed by atoms with E-state index in [1.807, 2.05) is 0 Å². The normalized spacial score (nSPS) is 23.2. The Kier molecular flexibility index (Phi) is 5.86. The second kappa shape index (κ2) is 8.09. The fraction of sp³-hybridized carbons (Fsp3) is 0.765. The molecule has 24 heavy (non-hydrogen) atoms. The first-order chi connectivity index (χ1) is 11.8. The number of likely N-dealkylation sites (tertiary alicyclic amines) is 1. The summed E-state index contributed by atoms with van der Waals surface area (Å²) in [6, 6.07) is 0.298. The summed E-state index contributed by atoms with van der Waals surface area (Å²) in [5, 5.41) is 9.41. The molecule has 2 atom stereocenters. The summed E-state index contributed by atoms with van der Waals surface area (Å²) in [6.07, 6.45) is 4.85. The van der Waals surface area contributed by atoms with Crippen molar-refractivity contribution in [2.75, 3.05) is 51.6 Å². The minimum absolute atomic E-state index is 0.233. The number of hydrogen-bond donors (Lipinski definition) is 1. The number of hydrogen-bond acceptors (Lipinski definition) is 7. The first-order valence-corrected chi connectivity index (χ1v) is 8.85. The fourth-order valence-corrected chi connectivity index (χ4v) is 3.47. The van der Waals surface area contributed by atoms with Crippen molar-refractivity contribution in [3.63, 3.8) is 0 Å². The van der Waals surface area contributed by atoms with Crippen molar-refractivity contribution >= 4 is 5.69 Å². The molecule has 1 aromatic heterocycles. The van der Waals surface area contributed by atoms with Gasteiger partial charge in [0.2, 0.25) is 5.88 Å². The van der Waals surface area contributed by atoms with Gasteiger partial charge in [-0.1, -0.05) is 13.3 Å². The molecule has 3 rings (SSSR count). The summed E-state index contributed by atoms with van der Waals surface area (Å²) in [5.74, 6) is 0.907. The summed E-state index contributed by atoms with van der Waals surface area (Å²) in [4.78, 5) is 13.3. The van der Waals surface area contributed by atoms with E-state index in [1.54, 1.807) is 13.4 Å². The van der Waals surface area contributed by atoms with E-state index in [1.165, 1.54) is 0 Å². The number of unbranched alkanes of at least 4 members (excludes halogenated alkanes) is 1. The maximum atomic E-state index is 9.41. The average molecular weight is 336 g/mol. The zero-order valence-corrected chi connectivity index (χ0v) is 14.6. The molecule has 0 spiro atoms. The Morgan fingerprint density at radius 3 is 2.92 bits per heavy atom. The van der Waals surface area contributed by atoms with Crippen LogP contribution in [0.5, 0.6) is 5.88 Å². The molecular weight excluding hydrogens is 308 g/mol. The molecule has 2 aliphatic heterocycles. The Bertz CT molecular complexity index is 541. The van der Waals surface area contributed by atoms with Crippen LogP contribution in [-0.4, -0.2) is 72.7 Å². The van der Waals surface area contributed by atoms with Crippen LogP contribution < -0.4 is 9.64 Å². The number of methoxy groups -OCH3 is 1. The fourth-order valence-electron chi connectivity index (χ4n) is 3.47. The van der Waals surface area contributed by atoms with Crippen molar-refractivity contribution in [3.8, 4) is 5.88 Å². The van der Waals surface area contributed by atoms with Gasteiger partial charge >= 0.3 is 0 Å². The number of ether oxygens (including phenoxy) is 2. The minimum atomic E-state index is 0.233. The highest BCUT2D eigenvalue weighted by Gasteiger charge is 2.37. The second-order valence-electron chi connectivity index (χ2n) is 6.55. The summed E-state index contributed by atoms with van der Waals surface area (Å²) in [7, 11) is 1.64. The summed E-state index contributed by atoms with van der Waals surface area (Å²) in [5.41, 5.74) is 1.99. The molecule has 1 N–H and O–H groups in total. The van der Waals surface area contributed by atoms with Gasteiger partial charge in [0.05, 0.1) is 19.4 Å². The number of rotatable bonds is 9. The van der Waals surface area contributed by atoms with Crippen LogP contribution in [0.3, 0.4) is 0 Å². The second-order valence-corrected chi connectivity index (χ2v) is 6.55. The molecule has 2 unspecified atom stereocenters. The molecule has 0 aromatic carbocycles. The lowest BCUT2D eigenvalue weighted by molar-refractivity contribution is 0.0375. The van der Waals surface area contributed by atoms with Crippen molar-refractivity contribution in [2.45, 2.75) is 38.1 Å². The molecule has 7 nitrogen and oxygen atoms in total. The third-order valence-corrected chi connectivity index (χ3v) is 4.97. The molecule has 7 heteroatoms. The van der Waals surface area contributed by atoms with Crippen molar-refractivity contribution in [3.05, 3.63) is 12.0 Å². The van der Waals surface area contributed by atoms with Gasteiger partial charge in [-0.2, -0.15) is 4.98 Å². The molecule has 0 bridgehead atoms. The van der Waals surface area contributed by atoms with E-state index in [0.717, 1.165) is 56.9 Å². The Morgan fingerprint density at radius 2 is 2.25 bits per heavy atom. The van der Waals surface area contributed by atoms with Gasteiger partial charge < -0.3 is 19.5 Å². The van der Waals surface area contributed by atoms with Gasteiger partial charge in [0.1, 0.15) is 18.7 Å². The molecule has 0 aliphatic carbocycles. The van der Waals surface area contributed by atoms with Crippen LogP contribution in [0.2, 0.25) is 0 Å². The monoisotopic (exact) mass is 336 g/mol. The highest BCUT2D eigenvalue weighted by Crippen LogP contribution is 2.41. The maximum absolute atomic E-state index is 9.41. The van der Waals surface area contributed by atoms with E-state index < -0.39 is 0 Å². The van der Waals surface area contributed by atoms with E-state index in [2.05, 4.69) is 26.7 Å². The van der Waals surface area contributed by atoms with Crippen LogP contribution in [0.1, 0.15) is 37.8 Å². The number of anilines is 1. The van der Waals surface area contributed by atoms with Crippen molar-refractivity contribution in [2.24, 2.45) is 0 Å². The van der Waals surface area contributed by atoms with Crippen LogP contribution in [0.15, 0.2) is 6.33 Å². The van der Waals surface area contributed by atoms with Gasteiger partial charge in [-0.3, -0.25) is 4.90 Å². The van der Waals surface area contributed by atoms with E-state index in [0.29, 0.717) is 24.6 Å². The zero-order valence-electron chi connectivity index (χ0n) is 14.6. The third-order valence-electron chi connectivity index (χ3n) is 4.97. The van der Waals surface area contributed by atoms with Crippen LogP contribution >= 0.6 is 0 Å². The maximum Gasteiger partial charge on any atom is 0.240 e. The third kappa shape index (κ3) is 3.48. The standard InChI is InChI=1S/C17H28N4O3/c1-3-4-7-24-12-21-9-13(8-20-6-5-14(20)10-22)15-16(21)17(23-2)19-11-18-15/h11,13-14,22H,3-10,12H2,1-2H3. The highest BCUT2D eigenvalue weighted by molar-refractivity contribution is 5.63. The van der Waals surface area contributed by atoms with Gasteiger partial charge in [0.25, 0.3) is 0 Å². The average Bonchev–Trinajstić information content (AvgIpc) is 2.94. The molecule has 0 amide bonds. The topological polar surface area (TPSA) is 71.0 Å². The predicted molar refractivity (Wildman–Crippen MR) is 91.5 cm³/mol. The molecule has 0 saturated carbocycles. The van der Waals surface area contributed by atoms with Gasteiger partial charge in [-0.25, -0.2) is 4.98 Å². The van der Waals surface area contributed by atoms with Crippen LogP contribution in [0.25, 0.3) is 0 Å². The lowest BCUT2D eigenvalue weighted by Gasteiger charge is -2.41. The molecule has 1 fully saturated rings. The first kappa shape index (κ1) is 17.4. The molecule has 3 heterocycles. The lowest BCUT2D eigenvalue weighted by atomic mass is 9.99. The lowest BCUT2D eigenvalue weighted by Crippen LogP contribution is -2.51. The van der Waals surface area contributed by atoms with Gasteiger partial charge in [0, 0.05) is 38.2 Å². The highest BCUT2D eigenvalue weighted by atomic mass is 16.5. The number of nitrogens with zero attached hydrogens (tertiary/aromatic N) is 4. The molecule has 1 aromatic rings. The number of aromatic nitrogens is 2. The molecular formula is C17H28N4O3. The van der Waals surface area contributed by atoms with Gasteiger partial charge in [0.15, 0.2) is 0 Å². The Labute approximate surface area is 143 Å². The van der Waals surface area contributed by atoms with Crippen LogP contribution in [-0.2, 0) is 4.74 Å². The molecule has 134 valence electrons. The predicted octanol–water partition coefficient (Wildman–Crippen LogP) is 1.23. The van der Waals surface area contributed by atoms with E-state index in [4.69, 9.17) is 9.47 Å². The van der Waals surface area contributed by atoms with Gasteiger partial charge in [-0.15, -0.1) is 0 Å². The van der Waals surface area contributed by atoms with Crippen LogP contribution in [0, 0.1) is 0 Å². The zero-order chi connectivity index (χ0) is 16.9. The number of aliphatic hydroxyl groups excluding tert-OH is 1. The summed E-state index contributed by atoms with van der Waals surface area (Å²) >= 11 is 0. The van der Waals surface area contributed by atoms with Gasteiger partial charge in [-0.05, 0) is 12.8 Å². The SMILES string of the molecule is CCCCOCN1CC(CN2CCC2CO)c2ncnc(OC)c21. The number of fused-ring (bicyclic) bond motifs is 1. The molecule has 1 saturated heterocycles. The smallest absolute Gasteiger partial charge is 0.240 e. The van der Waals surface area contributed by atoms with E-state index in [9.17, 15) is 5.11 Å². The Balaban J connectivity index is 1.71. The first-order valence-electron chi connectivity index (χ1n) is 8.85. The number of aliphatic hydroxyl groups is 1. The van der Waals surface area contributed by atoms with Crippen molar-refractivity contribution in [1.29, 1.82) is 0 Å². The van der Waals surface area contributed by atoms with E-state index in [-0.39, 0.29) is 6.61 Å². The van der Waals surface area contributed by atoms with Crippen molar-refractivity contribution in [1.82, 2.24) is 14.9 Å². The van der Waals surface area contributed by atoms with E-state index >= 15 is 0 Å². The summed E-state index contributed by atoms with van der Waals surface area (Å²) < 4.78 is 11.3. The van der Waals surface area contributed by atoms with Crippen molar-refractivity contribution < 1.29 is 14.6 Å². The molecule has 2 aliphatic rings. The minimum Gasteiger partial charge on any atom is -0.479 e. The quantitative estimate of drug-likeness (QED) is 0.680. The molecule has 0 radical (unpaired) electrons. The Morgan fingerprint density at radius 1 is 1.38 bits per heavy atom. The largest absolute Gasteiger partial charge is 0.479 e.